The number of carboxylic acids is 1. The van der Waals surface area contributed by atoms with Crippen molar-refractivity contribution in [2.45, 2.75) is 25.3 Å². The largest absolute Gasteiger partial charge is 0.480 e. The smallest absolute Gasteiger partial charge is 0.329 e. The molecule has 0 aromatic heterocycles. The molecule has 1 aromatic rings. The van der Waals surface area contributed by atoms with Gasteiger partial charge in [0.25, 0.3) is 5.91 Å². The van der Waals surface area contributed by atoms with Crippen molar-refractivity contribution in [3.05, 3.63) is 29.3 Å². The van der Waals surface area contributed by atoms with Gasteiger partial charge < -0.3 is 10.4 Å². The zero-order valence-corrected chi connectivity index (χ0v) is 15.1. The van der Waals surface area contributed by atoms with Crippen molar-refractivity contribution in [1.29, 1.82) is 0 Å². The molecular formula is C15H20N2O5S2. The molecule has 0 spiro atoms. The monoisotopic (exact) mass is 372 g/mol. The number of hydrogen-bond donors (Lipinski definition) is 3. The number of carboxylic acid groups (broad SMARTS) is 1. The number of rotatable bonds is 5. The third kappa shape index (κ3) is 4.41. The minimum atomic E-state index is -3.47. The summed E-state index contributed by atoms with van der Waals surface area (Å²) in [6.07, 6.45) is 1.75. The highest BCUT2D eigenvalue weighted by Crippen LogP contribution is 2.28. The Morgan fingerprint density at radius 3 is 2.42 bits per heavy atom. The molecule has 1 aliphatic rings. The van der Waals surface area contributed by atoms with E-state index in [0.717, 1.165) is 6.26 Å². The van der Waals surface area contributed by atoms with Gasteiger partial charge in [-0.15, -0.1) is 0 Å². The van der Waals surface area contributed by atoms with E-state index < -0.39 is 27.4 Å². The molecule has 3 N–H and O–H groups in total. The number of hydrogen-bond acceptors (Lipinski definition) is 5. The van der Waals surface area contributed by atoms with Crippen LogP contribution < -0.4 is 10.0 Å². The highest BCUT2D eigenvalue weighted by atomic mass is 32.2. The van der Waals surface area contributed by atoms with Crippen molar-refractivity contribution in [2.24, 2.45) is 0 Å². The summed E-state index contributed by atoms with van der Waals surface area (Å²) in [6.45, 7) is 1.71. The maximum absolute atomic E-state index is 12.5. The zero-order valence-electron chi connectivity index (χ0n) is 13.5. The quantitative estimate of drug-likeness (QED) is 0.721. The summed E-state index contributed by atoms with van der Waals surface area (Å²) in [5.41, 5.74) is -0.0872. The molecule has 24 heavy (non-hydrogen) atoms. The van der Waals surface area contributed by atoms with Gasteiger partial charge in [-0.25, -0.2) is 13.2 Å². The van der Waals surface area contributed by atoms with E-state index >= 15 is 0 Å². The number of benzene rings is 1. The van der Waals surface area contributed by atoms with Gasteiger partial charge in [0.1, 0.15) is 5.54 Å². The number of thioether (sulfide) groups is 1. The summed E-state index contributed by atoms with van der Waals surface area (Å²) in [4.78, 5) is 24.1. The Kier molecular flexibility index (Phi) is 5.44. The van der Waals surface area contributed by atoms with Crippen molar-refractivity contribution >= 4 is 39.3 Å². The third-order valence-electron chi connectivity index (χ3n) is 3.90. The molecule has 2 rings (SSSR count). The number of anilines is 1. The number of carbonyl (C=O) groups excluding carboxylic acids is 1. The molecule has 1 fully saturated rings. The molecule has 0 atom stereocenters. The number of carbonyl (C=O) groups is 2. The fraction of sp³-hybridized carbons (Fsp3) is 0.467. The Morgan fingerprint density at radius 1 is 1.25 bits per heavy atom. The first-order valence-corrected chi connectivity index (χ1v) is 10.4. The van der Waals surface area contributed by atoms with E-state index in [2.05, 4.69) is 10.0 Å². The minimum Gasteiger partial charge on any atom is -0.480 e. The molecule has 0 unspecified atom stereocenters. The predicted octanol–water partition coefficient (Wildman–Crippen LogP) is 1.45. The van der Waals surface area contributed by atoms with Crippen LogP contribution in [0.25, 0.3) is 0 Å². The maximum atomic E-state index is 12.5. The topological polar surface area (TPSA) is 113 Å². The van der Waals surface area contributed by atoms with Gasteiger partial charge in [0.15, 0.2) is 0 Å². The molecule has 132 valence electrons. The Morgan fingerprint density at radius 2 is 1.88 bits per heavy atom. The lowest BCUT2D eigenvalue weighted by molar-refractivity contribution is -0.144. The average Bonchev–Trinajstić information content (AvgIpc) is 2.49. The van der Waals surface area contributed by atoms with Crippen LogP contribution in [0.1, 0.15) is 28.8 Å². The molecule has 1 aromatic carbocycles. The summed E-state index contributed by atoms with van der Waals surface area (Å²) in [5.74, 6) is -0.235. The van der Waals surface area contributed by atoms with E-state index in [1.54, 1.807) is 30.8 Å². The lowest BCUT2D eigenvalue weighted by Gasteiger charge is -2.33. The molecular weight excluding hydrogens is 352 g/mol. The predicted molar refractivity (Wildman–Crippen MR) is 94.0 cm³/mol. The second-order valence-corrected chi connectivity index (χ2v) is 8.83. The maximum Gasteiger partial charge on any atom is 0.329 e. The van der Waals surface area contributed by atoms with Gasteiger partial charge >= 0.3 is 5.97 Å². The van der Waals surface area contributed by atoms with E-state index in [4.69, 9.17) is 0 Å². The summed E-state index contributed by atoms with van der Waals surface area (Å²) < 4.78 is 25.2. The van der Waals surface area contributed by atoms with Gasteiger partial charge in [0.2, 0.25) is 10.0 Å². The number of aryl methyl sites for hydroxylation is 1. The van der Waals surface area contributed by atoms with Gasteiger partial charge in [0.05, 0.1) is 11.9 Å². The number of nitrogens with one attached hydrogen (secondary N) is 2. The molecule has 0 aliphatic carbocycles. The van der Waals surface area contributed by atoms with Crippen LogP contribution in [-0.2, 0) is 14.8 Å². The number of amides is 1. The summed E-state index contributed by atoms with van der Waals surface area (Å²) >= 11 is 1.66. The molecule has 9 heteroatoms. The average molecular weight is 372 g/mol. The van der Waals surface area contributed by atoms with Crippen LogP contribution in [0.2, 0.25) is 0 Å². The van der Waals surface area contributed by atoms with Gasteiger partial charge in [-0.2, -0.15) is 11.8 Å². The first-order chi connectivity index (χ1) is 11.1. The Balaban J connectivity index is 2.26. The normalized spacial score (nSPS) is 17.1. The van der Waals surface area contributed by atoms with Gasteiger partial charge in [-0.1, -0.05) is 6.07 Å². The summed E-state index contributed by atoms with van der Waals surface area (Å²) in [6, 6.07) is 4.58. The minimum absolute atomic E-state index is 0.214. The molecule has 0 radical (unpaired) electrons. The standard InChI is InChI=1S/C15H20N2O5S2/c1-10-3-4-11(9-12(10)17-24(2,21)22)13(18)16-15(14(19)20)5-7-23-8-6-15/h3-4,9,17H,5-8H2,1-2H3,(H,16,18)(H,19,20). The molecule has 1 heterocycles. The molecule has 0 saturated carbocycles. The van der Waals surface area contributed by atoms with Crippen LogP contribution in [-0.4, -0.2) is 48.7 Å². The van der Waals surface area contributed by atoms with E-state index in [9.17, 15) is 23.1 Å². The van der Waals surface area contributed by atoms with Crippen LogP contribution in [0.15, 0.2) is 18.2 Å². The van der Waals surface area contributed by atoms with Gasteiger partial charge in [-0.05, 0) is 49.0 Å². The van der Waals surface area contributed by atoms with Crippen molar-refractivity contribution < 1.29 is 23.1 Å². The van der Waals surface area contributed by atoms with E-state index in [0.29, 0.717) is 35.6 Å². The first-order valence-electron chi connectivity index (χ1n) is 7.35. The van der Waals surface area contributed by atoms with E-state index in [-0.39, 0.29) is 5.56 Å². The highest BCUT2D eigenvalue weighted by molar-refractivity contribution is 7.99. The first kappa shape index (κ1) is 18.6. The lowest BCUT2D eigenvalue weighted by atomic mass is 9.91. The van der Waals surface area contributed by atoms with Crippen LogP contribution in [0.5, 0.6) is 0 Å². The van der Waals surface area contributed by atoms with Crippen molar-refractivity contribution in [3.8, 4) is 0 Å². The van der Waals surface area contributed by atoms with Crippen LogP contribution in [0, 0.1) is 6.92 Å². The van der Waals surface area contributed by atoms with Gasteiger partial charge in [0, 0.05) is 5.56 Å². The molecule has 0 bridgehead atoms. The zero-order chi connectivity index (χ0) is 18.0. The van der Waals surface area contributed by atoms with Crippen molar-refractivity contribution in [2.75, 3.05) is 22.5 Å². The summed E-state index contributed by atoms with van der Waals surface area (Å²) in [5, 5.41) is 12.1. The fourth-order valence-electron chi connectivity index (χ4n) is 2.47. The second kappa shape index (κ2) is 7.02. The lowest BCUT2D eigenvalue weighted by Crippen LogP contribution is -2.56. The molecule has 1 amide bonds. The summed E-state index contributed by atoms with van der Waals surface area (Å²) in [7, 11) is -3.47. The third-order valence-corrected chi connectivity index (χ3v) is 5.48. The Labute approximate surface area is 145 Å². The molecule has 1 saturated heterocycles. The van der Waals surface area contributed by atoms with Crippen LogP contribution in [0.3, 0.4) is 0 Å². The highest BCUT2D eigenvalue weighted by Gasteiger charge is 2.41. The second-order valence-electron chi connectivity index (χ2n) is 5.86. The van der Waals surface area contributed by atoms with E-state index in [1.807, 2.05) is 0 Å². The van der Waals surface area contributed by atoms with Crippen LogP contribution in [0.4, 0.5) is 5.69 Å². The van der Waals surface area contributed by atoms with Crippen molar-refractivity contribution in [3.63, 3.8) is 0 Å². The Hall–Kier alpha value is -1.74. The SMILES string of the molecule is Cc1ccc(C(=O)NC2(C(=O)O)CCSCC2)cc1NS(C)(=O)=O. The number of aliphatic carboxylic acids is 1. The molecule has 7 nitrogen and oxygen atoms in total. The molecule has 1 aliphatic heterocycles. The fourth-order valence-corrected chi connectivity index (χ4v) is 4.28. The number of sulfonamides is 1. The van der Waals surface area contributed by atoms with Crippen molar-refractivity contribution in [1.82, 2.24) is 5.32 Å². The van der Waals surface area contributed by atoms with Gasteiger partial charge in [-0.3, -0.25) is 9.52 Å². The Bertz CT molecular complexity index is 755. The van der Waals surface area contributed by atoms with Crippen LogP contribution >= 0.6 is 11.8 Å². The van der Waals surface area contributed by atoms with E-state index in [1.165, 1.54) is 6.07 Å².